The first-order valence-corrected chi connectivity index (χ1v) is 6.13. The van der Waals surface area contributed by atoms with Crippen LogP contribution in [0.1, 0.15) is 34.1 Å². The number of aliphatic carboxylic acids is 1. The molecular formula is C12H23N3O3. The number of nitrogens with zero attached hydrogens (tertiary/aromatic N) is 1. The number of carboxylic acid groups (broad SMARTS) is 1. The van der Waals surface area contributed by atoms with Crippen LogP contribution < -0.4 is 11.1 Å². The number of rotatable bonds is 3. The summed E-state index contributed by atoms with van der Waals surface area (Å²) in [4.78, 5) is 24.8. The molecule has 0 radical (unpaired) electrons. The Kier molecular flexibility index (Phi) is 4.02. The van der Waals surface area contributed by atoms with E-state index in [4.69, 9.17) is 10.8 Å². The van der Waals surface area contributed by atoms with Crippen LogP contribution in [0, 0.1) is 0 Å². The van der Waals surface area contributed by atoms with E-state index in [1.165, 1.54) is 0 Å². The molecule has 0 aromatic carbocycles. The van der Waals surface area contributed by atoms with Crippen molar-refractivity contribution in [2.45, 2.75) is 51.2 Å². The van der Waals surface area contributed by atoms with Gasteiger partial charge in [-0.1, -0.05) is 0 Å². The van der Waals surface area contributed by atoms with E-state index in [0.717, 1.165) is 0 Å². The monoisotopic (exact) mass is 257 g/mol. The highest BCUT2D eigenvalue weighted by molar-refractivity contribution is 5.83. The molecule has 0 aromatic rings. The van der Waals surface area contributed by atoms with Crippen molar-refractivity contribution in [2.75, 3.05) is 13.1 Å². The van der Waals surface area contributed by atoms with E-state index < -0.39 is 11.5 Å². The molecule has 104 valence electrons. The van der Waals surface area contributed by atoms with Gasteiger partial charge in [0.2, 0.25) is 5.91 Å². The highest BCUT2D eigenvalue weighted by Gasteiger charge is 2.43. The second kappa shape index (κ2) is 4.85. The van der Waals surface area contributed by atoms with Crippen molar-refractivity contribution < 1.29 is 14.7 Å². The quantitative estimate of drug-likeness (QED) is 0.649. The largest absolute Gasteiger partial charge is 0.480 e. The number of carbonyl (C=O) groups is 2. The number of likely N-dealkylation sites (tertiary alicyclic amines) is 1. The van der Waals surface area contributed by atoms with E-state index in [9.17, 15) is 9.59 Å². The van der Waals surface area contributed by atoms with E-state index in [2.05, 4.69) is 5.32 Å². The molecule has 0 bridgehead atoms. The molecule has 6 nitrogen and oxygen atoms in total. The molecule has 1 rings (SSSR count). The van der Waals surface area contributed by atoms with Crippen molar-refractivity contribution in [3.63, 3.8) is 0 Å². The van der Waals surface area contributed by atoms with Crippen LogP contribution in [-0.4, -0.2) is 52.1 Å². The van der Waals surface area contributed by atoms with E-state index >= 15 is 0 Å². The molecule has 1 aliphatic rings. The molecule has 4 N–H and O–H groups in total. The van der Waals surface area contributed by atoms with E-state index in [-0.39, 0.29) is 24.0 Å². The average Bonchev–Trinajstić information content (AvgIpc) is 2.58. The molecule has 1 aliphatic heterocycles. The van der Waals surface area contributed by atoms with Gasteiger partial charge < -0.3 is 16.2 Å². The molecule has 6 heteroatoms. The van der Waals surface area contributed by atoms with Gasteiger partial charge in [0.05, 0.1) is 6.04 Å². The van der Waals surface area contributed by atoms with Crippen molar-refractivity contribution >= 4 is 11.9 Å². The molecule has 1 amide bonds. The Morgan fingerprint density at radius 3 is 2.39 bits per heavy atom. The number of nitrogens with two attached hydrogens (primary N) is 1. The van der Waals surface area contributed by atoms with Crippen molar-refractivity contribution in [1.82, 2.24) is 10.2 Å². The minimum Gasteiger partial charge on any atom is -0.480 e. The zero-order chi connectivity index (χ0) is 14.1. The maximum Gasteiger partial charge on any atom is 0.325 e. The number of carboxylic acids is 1. The summed E-state index contributed by atoms with van der Waals surface area (Å²) in [5, 5.41) is 11.9. The molecule has 0 aliphatic carbocycles. The summed E-state index contributed by atoms with van der Waals surface area (Å²) in [5.41, 5.74) is 4.26. The summed E-state index contributed by atoms with van der Waals surface area (Å²) in [5.74, 6) is -1.11. The smallest absolute Gasteiger partial charge is 0.325 e. The SMILES string of the molecule is CC(C(=O)NC(C)(C)C)N1CCC(N)(C(=O)O)C1. The molecule has 2 atom stereocenters. The molecule has 1 saturated heterocycles. The van der Waals surface area contributed by atoms with Gasteiger partial charge in [-0.3, -0.25) is 14.5 Å². The third-order valence-corrected chi connectivity index (χ3v) is 3.18. The maximum absolute atomic E-state index is 12.0. The number of nitrogens with one attached hydrogen (secondary N) is 1. The zero-order valence-electron chi connectivity index (χ0n) is 11.5. The summed E-state index contributed by atoms with van der Waals surface area (Å²) in [7, 11) is 0. The molecule has 0 spiro atoms. The summed E-state index contributed by atoms with van der Waals surface area (Å²) >= 11 is 0. The van der Waals surface area contributed by atoms with Gasteiger partial charge in [0, 0.05) is 18.6 Å². The molecule has 2 unspecified atom stereocenters. The number of carbonyl (C=O) groups excluding carboxylic acids is 1. The average molecular weight is 257 g/mol. The van der Waals surface area contributed by atoms with Crippen LogP contribution in [-0.2, 0) is 9.59 Å². The van der Waals surface area contributed by atoms with Crippen molar-refractivity contribution in [3.8, 4) is 0 Å². The van der Waals surface area contributed by atoms with Crippen LogP contribution in [0.25, 0.3) is 0 Å². The highest BCUT2D eigenvalue weighted by Crippen LogP contribution is 2.21. The van der Waals surface area contributed by atoms with Gasteiger partial charge in [-0.15, -0.1) is 0 Å². The molecule has 18 heavy (non-hydrogen) atoms. The minimum absolute atomic E-state index is 0.0999. The zero-order valence-corrected chi connectivity index (χ0v) is 11.5. The predicted molar refractivity (Wildman–Crippen MR) is 68.1 cm³/mol. The molecule has 1 heterocycles. The van der Waals surface area contributed by atoms with Crippen LogP contribution in [0.3, 0.4) is 0 Å². The molecule has 0 saturated carbocycles. The van der Waals surface area contributed by atoms with Crippen molar-refractivity contribution in [1.29, 1.82) is 0 Å². The van der Waals surface area contributed by atoms with E-state index in [1.54, 1.807) is 6.92 Å². The Balaban J connectivity index is 2.63. The van der Waals surface area contributed by atoms with Crippen molar-refractivity contribution in [3.05, 3.63) is 0 Å². The Morgan fingerprint density at radius 2 is 2.00 bits per heavy atom. The Bertz CT molecular complexity index is 351. The summed E-state index contributed by atoms with van der Waals surface area (Å²) < 4.78 is 0. The number of hydrogen-bond acceptors (Lipinski definition) is 4. The summed E-state index contributed by atoms with van der Waals surface area (Å²) in [6.45, 7) is 8.24. The van der Waals surface area contributed by atoms with Crippen LogP contribution in [0.5, 0.6) is 0 Å². The molecule has 1 fully saturated rings. The fraction of sp³-hybridized carbons (Fsp3) is 0.833. The third kappa shape index (κ3) is 3.43. The standard InChI is InChI=1S/C12H23N3O3/c1-8(9(16)14-11(2,3)4)15-6-5-12(13,7-15)10(17)18/h8H,5-7,13H2,1-4H3,(H,14,16)(H,17,18). The van der Waals surface area contributed by atoms with Crippen LogP contribution in [0.2, 0.25) is 0 Å². The normalized spacial score (nSPS) is 26.9. The topological polar surface area (TPSA) is 95.7 Å². The van der Waals surface area contributed by atoms with Gasteiger partial charge in [0.15, 0.2) is 0 Å². The fourth-order valence-corrected chi connectivity index (χ4v) is 2.01. The lowest BCUT2D eigenvalue weighted by atomic mass is 10.0. The van der Waals surface area contributed by atoms with Gasteiger partial charge in [-0.25, -0.2) is 0 Å². The maximum atomic E-state index is 12.0. The lowest BCUT2D eigenvalue weighted by molar-refractivity contribution is -0.143. The second-order valence-corrected chi connectivity index (χ2v) is 6.10. The number of hydrogen-bond donors (Lipinski definition) is 3. The van der Waals surface area contributed by atoms with Crippen LogP contribution in [0.15, 0.2) is 0 Å². The predicted octanol–water partition coefficient (Wildman–Crippen LogP) is -0.223. The summed E-state index contributed by atoms with van der Waals surface area (Å²) in [6, 6.07) is -0.367. The van der Waals surface area contributed by atoms with Gasteiger partial charge in [-0.05, 0) is 34.1 Å². The molecular weight excluding hydrogens is 234 g/mol. The lowest BCUT2D eigenvalue weighted by Crippen LogP contribution is -2.54. The highest BCUT2D eigenvalue weighted by atomic mass is 16.4. The van der Waals surface area contributed by atoms with Crippen LogP contribution >= 0.6 is 0 Å². The van der Waals surface area contributed by atoms with Crippen molar-refractivity contribution in [2.24, 2.45) is 5.73 Å². The van der Waals surface area contributed by atoms with Gasteiger partial charge >= 0.3 is 5.97 Å². The third-order valence-electron chi connectivity index (χ3n) is 3.18. The minimum atomic E-state index is -1.23. The first-order valence-electron chi connectivity index (χ1n) is 6.13. The lowest BCUT2D eigenvalue weighted by Gasteiger charge is -2.28. The van der Waals surface area contributed by atoms with E-state index in [1.807, 2.05) is 25.7 Å². The Hall–Kier alpha value is -1.14. The summed E-state index contributed by atoms with van der Waals surface area (Å²) in [6.07, 6.45) is 0.371. The Labute approximate surface area is 108 Å². The van der Waals surface area contributed by atoms with Gasteiger partial charge in [0.25, 0.3) is 0 Å². The van der Waals surface area contributed by atoms with Gasteiger partial charge in [0.1, 0.15) is 5.54 Å². The van der Waals surface area contributed by atoms with Crippen LogP contribution in [0.4, 0.5) is 0 Å². The van der Waals surface area contributed by atoms with Gasteiger partial charge in [-0.2, -0.15) is 0 Å². The fourth-order valence-electron chi connectivity index (χ4n) is 2.01. The van der Waals surface area contributed by atoms with E-state index in [0.29, 0.717) is 13.0 Å². The second-order valence-electron chi connectivity index (χ2n) is 6.10. The molecule has 0 aromatic heterocycles. The Morgan fingerprint density at radius 1 is 1.44 bits per heavy atom. The first-order chi connectivity index (χ1) is 8.05. The number of amides is 1. The first kappa shape index (κ1) is 14.9.